The Kier molecular flexibility index (Phi) is 3.49. The molecule has 2 fully saturated rings. The lowest BCUT2D eigenvalue weighted by Crippen LogP contribution is -2.10. The maximum Gasteiger partial charge on any atom is 0.230 e. The summed E-state index contributed by atoms with van der Waals surface area (Å²) in [5.74, 6) is 3.39. The van der Waals surface area contributed by atoms with E-state index in [1.54, 1.807) is 14.2 Å². The van der Waals surface area contributed by atoms with E-state index < -0.39 is 0 Å². The molecule has 1 spiro atoms. The molecule has 2 heterocycles. The third-order valence-corrected chi connectivity index (χ3v) is 5.06. The molecule has 0 radical (unpaired) electrons. The Morgan fingerprint density at radius 1 is 1.30 bits per heavy atom. The molecule has 2 aliphatic rings. The maximum atomic E-state index is 5.50. The van der Waals surface area contributed by atoms with Gasteiger partial charge in [0.05, 0.1) is 14.2 Å². The maximum absolute atomic E-state index is 5.50. The Morgan fingerprint density at radius 3 is 2.91 bits per heavy atom. The second-order valence-corrected chi connectivity index (χ2v) is 6.46. The van der Waals surface area contributed by atoms with Crippen LogP contribution in [-0.2, 0) is 6.42 Å². The van der Waals surface area contributed by atoms with Crippen molar-refractivity contribution < 1.29 is 14.0 Å². The van der Waals surface area contributed by atoms with Crippen LogP contribution in [0.15, 0.2) is 22.7 Å². The van der Waals surface area contributed by atoms with Gasteiger partial charge in [0.25, 0.3) is 0 Å². The van der Waals surface area contributed by atoms with Crippen LogP contribution >= 0.6 is 0 Å². The fraction of sp³-hybridized carbons (Fsp3) is 0.529. The van der Waals surface area contributed by atoms with Gasteiger partial charge in [-0.3, -0.25) is 0 Å². The highest BCUT2D eigenvalue weighted by molar-refractivity contribution is 5.43. The monoisotopic (exact) mass is 315 g/mol. The second-order valence-electron chi connectivity index (χ2n) is 6.46. The van der Waals surface area contributed by atoms with Crippen molar-refractivity contribution in [3.05, 3.63) is 35.5 Å². The third kappa shape index (κ3) is 2.57. The summed E-state index contributed by atoms with van der Waals surface area (Å²) in [6, 6.07) is 5.85. The van der Waals surface area contributed by atoms with Gasteiger partial charge in [-0.2, -0.15) is 4.98 Å². The number of aromatic nitrogens is 2. The predicted octanol–water partition coefficient (Wildman–Crippen LogP) is 2.14. The minimum absolute atomic E-state index is 0.382. The van der Waals surface area contributed by atoms with E-state index >= 15 is 0 Å². The van der Waals surface area contributed by atoms with Crippen molar-refractivity contribution in [1.82, 2.24) is 15.5 Å². The first-order valence-electron chi connectivity index (χ1n) is 7.98. The number of rotatable bonds is 5. The van der Waals surface area contributed by atoms with E-state index in [9.17, 15) is 0 Å². The van der Waals surface area contributed by atoms with Crippen LogP contribution in [0.4, 0.5) is 0 Å². The summed E-state index contributed by atoms with van der Waals surface area (Å²) in [4.78, 5) is 4.61. The number of benzene rings is 1. The molecule has 1 saturated heterocycles. The first-order chi connectivity index (χ1) is 11.2. The number of hydrogen-bond acceptors (Lipinski definition) is 6. The van der Waals surface area contributed by atoms with E-state index in [-0.39, 0.29) is 0 Å². The third-order valence-electron chi connectivity index (χ3n) is 5.06. The van der Waals surface area contributed by atoms with Gasteiger partial charge < -0.3 is 19.3 Å². The molecule has 23 heavy (non-hydrogen) atoms. The van der Waals surface area contributed by atoms with E-state index in [0.717, 1.165) is 42.5 Å². The van der Waals surface area contributed by atoms with E-state index in [1.807, 2.05) is 18.2 Å². The van der Waals surface area contributed by atoms with Crippen LogP contribution in [0, 0.1) is 5.41 Å². The molecule has 2 aromatic rings. The zero-order valence-electron chi connectivity index (χ0n) is 13.5. The Labute approximate surface area is 135 Å². The average Bonchev–Trinajstić information content (AvgIpc) is 2.91. The molecular formula is C17H21N3O3. The van der Waals surface area contributed by atoms with Crippen LogP contribution < -0.4 is 14.8 Å². The highest BCUT2D eigenvalue weighted by atomic mass is 16.5. The molecule has 2 atom stereocenters. The normalized spacial score (nSPS) is 25.7. The Morgan fingerprint density at radius 2 is 2.17 bits per heavy atom. The summed E-state index contributed by atoms with van der Waals surface area (Å²) in [6.45, 7) is 2.17. The standard InChI is InChI=1S/C17H21N3O3/c1-21-13-4-3-11(7-14(13)22-2)8-15-19-16(23-20-15)12-9-17(12)5-6-18-10-17/h3-4,7,12,18H,5-6,8-10H2,1-2H3. The fourth-order valence-corrected chi connectivity index (χ4v) is 3.59. The van der Waals surface area contributed by atoms with E-state index in [2.05, 4.69) is 15.5 Å². The summed E-state index contributed by atoms with van der Waals surface area (Å²) in [5, 5.41) is 7.58. The lowest BCUT2D eigenvalue weighted by molar-refractivity contribution is 0.354. The van der Waals surface area contributed by atoms with Gasteiger partial charge in [0.15, 0.2) is 17.3 Å². The van der Waals surface area contributed by atoms with Gasteiger partial charge in [0.1, 0.15) is 0 Å². The Bertz CT molecular complexity index is 707. The van der Waals surface area contributed by atoms with Crippen LogP contribution in [0.25, 0.3) is 0 Å². The topological polar surface area (TPSA) is 69.4 Å². The quantitative estimate of drug-likeness (QED) is 0.911. The number of ether oxygens (including phenoxy) is 2. The molecule has 1 aliphatic carbocycles. The van der Waals surface area contributed by atoms with Crippen molar-refractivity contribution in [2.75, 3.05) is 27.3 Å². The second kappa shape index (κ2) is 5.53. The van der Waals surface area contributed by atoms with E-state index in [1.165, 1.54) is 6.42 Å². The molecule has 6 nitrogen and oxygen atoms in total. The lowest BCUT2D eigenvalue weighted by atomic mass is 10.0. The number of nitrogens with zero attached hydrogens (tertiary/aromatic N) is 2. The van der Waals surface area contributed by atoms with Crippen molar-refractivity contribution in [3.63, 3.8) is 0 Å². The highest BCUT2D eigenvalue weighted by Crippen LogP contribution is 2.62. The van der Waals surface area contributed by atoms with E-state index in [4.69, 9.17) is 14.0 Å². The van der Waals surface area contributed by atoms with Crippen molar-refractivity contribution in [3.8, 4) is 11.5 Å². The molecular weight excluding hydrogens is 294 g/mol. The minimum atomic E-state index is 0.382. The highest BCUT2D eigenvalue weighted by Gasteiger charge is 2.58. The lowest BCUT2D eigenvalue weighted by Gasteiger charge is -2.08. The van der Waals surface area contributed by atoms with Crippen LogP contribution in [0.1, 0.15) is 36.0 Å². The zero-order chi connectivity index (χ0) is 15.9. The van der Waals surface area contributed by atoms with Crippen molar-refractivity contribution in [2.45, 2.75) is 25.2 Å². The molecule has 0 amide bonds. The molecule has 6 heteroatoms. The molecule has 1 aromatic carbocycles. The minimum Gasteiger partial charge on any atom is -0.493 e. The molecule has 1 N–H and O–H groups in total. The number of hydrogen-bond donors (Lipinski definition) is 1. The summed E-state index contributed by atoms with van der Waals surface area (Å²) in [7, 11) is 3.27. The van der Waals surface area contributed by atoms with Crippen molar-refractivity contribution in [2.24, 2.45) is 5.41 Å². The molecule has 122 valence electrons. The fourth-order valence-electron chi connectivity index (χ4n) is 3.59. The van der Waals surface area contributed by atoms with E-state index in [0.29, 0.717) is 23.5 Å². The van der Waals surface area contributed by atoms with Crippen molar-refractivity contribution in [1.29, 1.82) is 0 Å². The molecule has 1 saturated carbocycles. The predicted molar refractivity (Wildman–Crippen MR) is 83.9 cm³/mol. The smallest absolute Gasteiger partial charge is 0.230 e. The van der Waals surface area contributed by atoms with Crippen LogP contribution in [0.2, 0.25) is 0 Å². The Hall–Kier alpha value is -2.08. The summed E-state index contributed by atoms with van der Waals surface area (Å²) in [6.07, 6.45) is 3.00. The SMILES string of the molecule is COc1ccc(Cc2noc(C3CC34CCNC4)n2)cc1OC. The van der Waals surface area contributed by atoms with Crippen LogP contribution in [0.3, 0.4) is 0 Å². The van der Waals surface area contributed by atoms with Gasteiger partial charge in [0.2, 0.25) is 5.89 Å². The average molecular weight is 315 g/mol. The molecule has 4 rings (SSSR count). The molecule has 2 unspecified atom stereocenters. The van der Waals surface area contributed by atoms with Crippen LogP contribution in [-0.4, -0.2) is 37.4 Å². The van der Waals surface area contributed by atoms with Crippen LogP contribution in [0.5, 0.6) is 11.5 Å². The summed E-state index contributed by atoms with van der Waals surface area (Å²) >= 11 is 0. The van der Waals surface area contributed by atoms with Gasteiger partial charge in [-0.05, 0) is 42.5 Å². The van der Waals surface area contributed by atoms with Crippen molar-refractivity contribution >= 4 is 0 Å². The van der Waals surface area contributed by atoms with Gasteiger partial charge >= 0.3 is 0 Å². The number of nitrogens with one attached hydrogen (secondary N) is 1. The molecule has 0 bridgehead atoms. The first kappa shape index (κ1) is 14.5. The molecule has 1 aromatic heterocycles. The van der Waals surface area contributed by atoms with Gasteiger partial charge in [-0.1, -0.05) is 11.2 Å². The Balaban J connectivity index is 1.48. The summed E-state index contributed by atoms with van der Waals surface area (Å²) in [5.41, 5.74) is 1.45. The van der Waals surface area contributed by atoms with Gasteiger partial charge in [-0.15, -0.1) is 0 Å². The van der Waals surface area contributed by atoms with Gasteiger partial charge in [0, 0.05) is 18.9 Å². The number of methoxy groups -OCH3 is 2. The zero-order valence-corrected chi connectivity index (χ0v) is 13.5. The first-order valence-corrected chi connectivity index (χ1v) is 7.98. The largest absolute Gasteiger partial charge is 0.493 e. The molecule has 1 aliphatic heterocycles. The summed E-state index contributed by atoms with van der Waals surface area (Å²) < 4.78 is 16.1. The van der Waals surface area contributed by atoms with Gasteiger partial charge in [-0.25, -0.2) is 0 Å².